The predicted molar refractivity (Wildman–Crippen MR) is 89.2 cm³/mol. The van der Waals surface area contributed by atoms with E-state index in [0.717, 1.165) is 10.2 Å². The first-order valence-electron chi connectivity index (χ1n) is 7.87. The average molecular weight is 364 g/mol. The number of rotatable bonds is 5. The number of halogens is 1. The molecule has 3 aromatic heterocycles. The zero-order valence-electron chi connectivity index (χ0n) is 13.7. The number of carbonyl (C=O) groups is 1. The van der Waals surface area contributed by atoms with Gasteiger partial charge in [0, 0.05) is 23.5 Å². The topological polar surface area (TPSA) is 110 Å². The smallest absolute Gasteiger partial charge is 0.249 e. The summed E-state index contributed by atoms with van der Waals surface area (Å²) in [6, 6.07) is 9.35. The van der Waals surface area contributed by atoms with Gasteiger partial charge in [0.1, 0.15) is 11.5 Å². The van der Waals surface area contributed by atoms with Crippen LogP contribution < -0.4 is 5.11 Å². The van der Waals surface area contributed by atoms with Crippen molar-refractivity contribution in [3.8, 4) is 34.2 Å². The van der Waals surface area contributed by atoms with Gasteiger partial charge in [0.15, 0.2) is 11.5 Å². The van der Waals surface area contributed by atoms with Gasteiger partial charge in [0.05, 0.1) is 18.7 Å². The zero-order chi connectivity index (χ0) is 18.8. The van der Waals surface area contributed by atoms with Crippen LogP contribution in [0.2, 0.25) is 0 Å². The van der Waals surface area contributed by atoms with E-state index in [2.05, 4.69) is 20.3 Å². The van der Waals surface area contributed by atoms with E-state index in [9.17, 15) is 14.3 Å². The van der Waals surface area contributed by atoms with Crippen LogP contribution >= 0.6 is 0 Å². The molecule has 0 unspecified atom stereocenters. The van der Waals surface area contributed by atoms with Crippen LogP contribution in [0, 0.1) is 5.82 Å². The van der Waals surface area contributed by atoms with E-state index >= 15 is 0 Å². The molecular weight excluding hydrogens is 353 g/mol. The zero-order valence-corrected chi connectivity index (χ0v) is 13.7. The number of carboxylic acid groups (broad SMARTS) is 1. The van der Waals surface area contributed by atoms with Gasteiger partial charge in [-0.25, -0.2) is 14.1 Å². The second-order valence-electron chi connectivity index (χ2n) is 5.61. The Morgan fingerprint density at radius 3 is 2.56 bits per heavy atom. The molecule has 0 radical (unpaired) electrons. The van der Waals surface area contributed by atoms with E-state index in [1.54, 1.807) is 36.7 Å². The largest absolute Gasteiger partial charge is 0.548 e. The Kier molecular flexibility index (Phi) is 4.17. The van der Waals surface area contributed by atoms with E-state index < -0.39 is 12.5 Å². The molecule has 0 saturated carbocycles. The number of nitrogens with zero attached hydrogens (tertiary/aromatic N) is 5. The summed E-state index contributed by atoms with van der Waals surface area (Å²) >= 11 is 0. The highest BCUT2D eigenvalue weighted by Crippen LogP contribution is 2.35. The molecule has 3 heterocycles. The van der Waals surface area contributed by atoms with Crippen LogP contribution in [-0.2, 0) is 11.3 Å². The van der Waals surface area contributed by atoms with Crippen molar-refractivity contribution >= 4 is 5.97 Å². The van der Waals surface area contributed by atoms with Gasteiger partial charge in [-0.3, -0.25) is 4.98 Å². The minimum atomic E-state index is -1.29. The van der Waals surface area contributed by atoms with Crippen LogP contribution in [-0.4, -0.2) is 30.9 Å². The summed E-state index contributed by atoms with van der Waals surface area (Å²) in [7, 11) is 0. The Hall–Kier alpha value is -3.88. The highest BCUT2D eigenvalue weighted by atomic mass is 19.1. The van der Waals surface area contributed by atoms with Crippen LogP contribution in [0.5, 0.6) is 0 Å². The number of aromatic nitrogens is 5. The van der Waals surface area contributed by atoms with Crippen molar-refractivity contribution in [1.29, 1.82) is 0 Å². The predicted octanol–water partition coefficient (Wildman–Crippen LogP) is 1.55. The molecule has 0 saturated heterocycles. The van der Waals surface area contributed by atoms with Crippen molar-refractivity contribution in [3.05, 3.63) is 60.8 Å². The Morgan fingerprint density at radius 1 is 1.11 bits per heavy atom. The number of oxazole rings is 1. The molecule has 0 bridgehead atoms. The summed E-state index contributed by atoms with van der Waals surface area (Å²) in [5, 5.41) is 18.3. The molecule has 0 amide bonds. The normalized spacial score (nSPS) is 10.9. The molecule has 9 heteroatoms. The quantitative estimate of drug-likeness (QED) is 0.528. The van der Waals surface area contributed by atoms with Crippen LogP contribution in [0.1, 0.15) is 0 Å². The van der Waals surface area contributed by atoms with Gasteiger partial charge in [-0.1, -0.05) is 5.21 Å². The molecule has 4 aromatic rings. The van der Waals surface area contributed by atoms with E-state index in [-0.39, 0.29) is 17.4 Å². The van der Waals surface area contributed by atoms with E-state index in [1.807, 2.05) is 0 Å². The molecule has 1 aromatic carbocycles. The third-order valence-corrected chi connectivity index (χ3v) is 3.74. The first-order valence-corrected chi connectivity index (χ1v) is 7.87. The maximum Gasteiger partial charge on any atom is 0.249 e. The molecular formula is C18H11FN5O3-. The van der Waals surface area contributed by atoms with Gasteiger partial charge < -0.3 is 14.3 Å². The number of pyridine rings is 1. The summed E-state index contributed by atoms with van der Waals surface area (Å²) < 4.78 is 20.3. The lowest BCUT2D eigenvalue weighted by Crippen LogP contribution is -2.27. The van der Waals surface area contributed by atoms with Crippen molar-refractivity contribution in [2.24, 2.45) is 0 Å². The summed E-state index contributed by atoms with van der Waals surface area (Å²) in [4.78, 5) is 19.1. The number of hydrogen-bond acceptors (Lipinski definition) is 7. The summed E-state index contributed by atoms with van der Waals surface area (Å²) in [5.41, 5.74) is 2.14. The standard InChI is InChI=1S/C18H12FN5O3/c19-13-3-1-11(2-4-13)16-17(12-5-7-20-8-6-12)27-18(21-16)14-9-24(23-22-14)10-15(25)26/h1-9H,10H2,(H,25,26)/p-1. The maximum absolute atomic E-state index is 13.3. The monoisotopic (exact) mass is 364 g/mol. The third-order valence-electron chi connectivity index (χ3n) is 3.74. The average Bonchev–Trinajstić information content (AvgIpc) is 3.30. The summed E-state index contributed by atoms with van der Waals surface area (Å²) in [6.07, 6.45) is 4.62. The van der Waals surface area contributed by atoms with E-state index in [1.165, 1.54) is 18.3 Å². The minimum Gasteiger partial charge on any atom is -0.548 e. The van der Waals surface area contributed by atoms with Crippen LogP contribution in [0.25, 0.3) is 34.2 Å². The van der Waals surface area contributed by atoms with Crippen LogP contribution in [0.4, 0.5) is 4.39 Å². The fourth-order valence-electron chi connectivity index (χ4n) is 2.54. The Labute approximate surface area is 151 Å². The van der Waals surface area contributed by atoms with Crippen molar-refractivity contribution in [1.82, 2.24) is 25.0 Å². The SMILES string of the molecule is O=C([O-])Cn1cc(-c2nc(-c3ccc(F)cc3)c(-c3ccncc3)o2)nn1. The molecule has 4 rings (SSSR count). The van der Waals surface area contributed by atoms with Crippen LogP contribution in [0.3, 0.4) is 0 Å². The van der Waals surface area contributed by atoms with Gasteiger partial charge in [0.2, 0.25) is 5.89 Å². The minimum absolute atomic E-state index is 0.158. The fraction of sp³-hybridized carbons (Fsp3) is 0.0556. The molecule has 0 aliphatic rings. The van der Waals surface area contributed by atoms with Gasteiger partial charge in [0.25, 0.3) is 0 Å². The highest BCUT2D eigenvalue weighted by molar-refractivity contribution is 5.78. The first kappa shape index (κ1) is 16.6. The van der Waals surface area contributed by atoms with Crippen molar-refractivity contribution in [2.45, 2.75) is 6.54 Å². The molecule has 0 fully saturated rings. The van der Waals surface area contributed by atoms with Crippen LogP contribution in [0.15, 0.2) is 59.4 Å². The lowest BCUT2D eigenvalue weighted by Gasteiger charge is -2.01. The first-order chi connectivity index (χ1) is 13.1. The van der Waals surface area contributed by atoms with E-state index in [4.69, 9.17) is 4.42 Å². The second kappa shape index (κ2) is 6.79. The lowest BCUT2D eigenvalue weighted by molar-refractivity contribution is -0.306. The van der Waals surface area contributed by atoms with E-state index in [0.29, 0.717) is 17.0 Å². The number of hydrogen-bond donors (Lipinski definition) is 0. The Morgan fingerprint density at radius 2 is 1.85 bits per heavy atom. The number of carboxylic acids is 1. The summed E-state index contributed by atoms with van der Waals surface area (Å²) in [6.45, 7) is -0.435. The molecule has 0 atom stereocenters. The molecule has 0 aliphatic carbocycles. The number of aliphatic carboxylic acids is 1. The Bertz CT molecular complexity index is 1090. The molecule has 0 spiro atoms. The maximum atomic E-state index is 13.3. The third kappa shape index (κ3) is 3.43. The molecule has 27 heavy (non-hydrogen) atoms. The molecule has 0 aliphatic heterocycles. The highest BCUT2D eigenvalue weighted by Gasteiger charge is 2.20. The number of carbonyl (C=O) groups excluding carboxylic acids is 1. The molecule has 0 N–H and O–H groups in total. The van der Waals surface area contributed by atoms with Gasteiger partial charge in [-0.05, 0) is 36.4 Å². The van der Waals surface area contributed by atoms with Crippen molar-refractivity contribution in [2.75, 3.05) is 0 Å². The summed E-state index contributed by atoms with van der Waals surface area (Å²) in [5.74, 6) is -1.04. The molecule has 134 valence electrons. The molecule has 8 nitrogen and oxygen atoms in total. The van der Waals surface area contributed by atoms with Crippen molar-refractivity contribution in [3.63, 3.8) is 0 Å². The van der Waals surface area contributed by atoms with Crippen molar-refractivity contribution < 1.29 is 18.7 Å². The van der Waals surface area contributed by atoms with Gasteiger partial charge in [-0.2, -0.15) is 0 Å². The number of benzene rings is 1. The van der Waals surface area contributed by atoms with Gasteiger partial charge >= 0.3 is 0 Å². The van der Waals surface area contributed by atoms with Gasteiger partial charge in [-0.15, -0.1) is 5.10 Å². The lowest BCUT2D eigenvalue weighted by atomic mass is 10.1. The fourth-order valence-corrected chi connectivity index (χ4v) is 2.54. The second-order valence-corrected chi connectivity index (χ2v) is 5.61. The Balaban J connectivity index is 1.81.